The summed E-state index contributed by atoms with van der Waals surface area (Å²) < 4.78 is 1.62. The molecule has 3 atom stereocenters. The van der Waals surface area contributed by atoms with Crippen LogP contribution in [0.3, 0.4) is 0 Å². The molecule has 3 aromatic rings. The number of aliphatic hydroxyl groups is 1. The summed E-state index contributed by atoms with van der Waals surface area (Å²) in [5.41, 5.74) is 4.54. The Hall–Kier alpha value is -3.85. The van der Waals surface area contributed by atoms with E-state index in [-0.39, 0.29) is 30.8 Å². The second-order valence-corrected chi connectivity index (χ2v) is 8.91. The Bertz CT molecular complexity index is 1280. The van der Waals surface area contributed by atoms with Crippen LogP contribution < -0.4 is 5.32 Å². The molecule has 2 aliphatic heterocycles. The number of nitrogens with one attached hydrogen (secondary N) is 1. The van der Waals surface area contributed by atoms with Gasteiger partial charge in [0, 0.05) is 24.1 Å². The number of aryl methyl sites for hydroxylation is 1. The van der Waals surface area contributed by atoms with Gasteiger partial charge in [-0.3, -0.25) is 19.7 Å². The van der Waals surface area contributed by atoms with Gasteiger partial charge in [-0.05, 0) is 37.5 Å². The van der Waals surface area contributed by atoms with Crippen LogP contribution in [0.15, 0.2) is 48.7 Å². The lowest BCUT2D eigenvalue weighted by molar-refractivity contribution is -0.136. The molecule has 1 fully saturated rings. The molecule has 1 aromatic heterocycles. The summed E-state index contributed by atoms with van der Waals surface area (Å²) in [7, 11) is 0. The number of imide groups is 1. The quantitative estimate of drug-likeness (QED) is 0.566. The second-order valence-electron chi connectivity index (χ2n) is 8.91. The highest BCUT2D eigenvalue weighted by Gasteiger charge is 2.40. The van der Waals surface area contributed by atoms with E-state index in [1.807, 2.05) is 44.2 Å². The highest BCUT2D eigenvalue weighted by molar-refractivity contribution is 6.06. The molecule has 0 saturated carbocycles. The SMILES string of the molecule is Cc1ccc(C(O)C(C)n2cc(-c3cccc4c3CN(C3CCC(=O)NC3=O)C4=O)nn2)cc1. The maximum absolute atomic E-state index is 13.1. The van der Waals surface area contributed by atoms with E-state index in [9.17, 15) is 19.5 Å². The fourth-order valence-corrected chi connectivity index (χ4v) is 4.61. The predicted octanol–water partition coefficient (Wildman–Crippen LogP) is 2.31. The highest BCUT2D eigenvalue weighted by atomic mass is 16.3. The zero-order chi connectivity index (χ0) is 24.0. The molecule has 3 heterocycles. The number of benzene rings is 2. The first-order chi connectivity index (χ1) is 16.3. The van der Waals surface area contributed by atoms with Crippen LogP contribution in [0.2, 0.25) is 0 Å². The van der Waals surface area contributed by atoms with Crippen LogP contribution in [0.1, 0.15) is 59.0 Å². The maximum atomic E-state index is 13.1. The molecule has 2 aromatic carbocycles. The topological polar surface area (TPSA) is 117 Å². The molecule has 0 aliphatic carbocycles. The largest absolute Gasteiger partial charge is 0.386 e. The second kappa shape index (κ2) is 8.49. The van der Waals surface area contributed by atoms with E-state index in [1.165, 1.54) is 4.90 Å². The standard InChI is InChI=1S/C25H25N5O4/c1-14-6-8-16(9-7-14)23(32)15(2)30-13-20(27-28-30)17-4-3-5-18-19(17)12-29(25(18)34)21-10-11-22(31)26-24(21)33/h3-9,13,15,21,23,32H,10-12H2,1-2H3,(H,26,31,33). The van der Waals surface area contributed by atoms with E-state index in [2.05, 4.69) is 15.6 Å². The number of fused-ring (bicyclic) bond motifs is 1. The number of carbonyl (C=O) groups excluding carboxylic acids is 3. The van der Waals surface area contributed by atoms with Crippen molar-refractivity contribution in [2.24, 2.45) is 0 Å². The first-order valence-corrected chi connectivity index (χ1v) is 11.3. The number of hydrogen-bond acceptors (Lipinski definition) is 6. The van der Waals surface area contributed by atoms with Crippen molar-refractivity contribution in [1.82, 2.24) is 25.2 Å². The summed E-state index contributed by atoms with van der Waals surface area (Å²) in [4.78, 5) is 38.5. The molecule has 2 N–H and O–H groups in total. The van der Waals surface area contributed by atoms with Crippen molar-refractivity contribution in [2.45, 2.75) is 51.4 Å². The van der Waals surface area contributed by atoms with Crippen molar-refractivity contribution >= 4 is 17.7 Å². The summed E-state index contributed by atoms with van der Waals surface area (Å²) in [5.74, 6) is -0.990. The van der Waals surface area contributed by atoms with Gasteiger partial charge in [0.25, 0.3) is 5.91 Å². The Morgan fingerprint density at radius 3 is 2.56 bits per heavy atom. The molecular formula is C25H25N5O4. The summed E-state index contributed by atoms with van der Waals surface area (Å²) in [6, 6.07) is 12.1. The van der Waals surface area contributed by atoms with Crippen LogP contribution in [0, 0.1) is 6.92 Å². The zero-order valence-corrected chi connectivity index (χ0v) is 18.9. The van der Waals surface area contributed by atoms with E-state index in [1.54, 1.807) is 23.0 Å². The van der Waals surface area contributed by atoms with Crippen molar-refractivity contribution in [1.29, 1.82) is 0 Å². The van der Waals surface area contributed by atoms with Gasteiger partial charge >= 0.3 is 0 Å². The lowest BCUT2D eigenvalue weighted by atomic mass is 10.0. The molecule has 1 saturated heterocycles. The fourth-order valence-electron chi connectivity index (χ4n) is 4.61. The lowest BCUT2D eigenvalue weighted by Crippen LogP contribution is -2.52. The Kier molecular flexibility index (Phi) is 5.49. The van der Waals surface area contributed by atoms with Crippen molar-refractivity contribution in [3.8, 4) is 11.3 Å². The van der Waals surface area contributed by atoms with Gasteiger partial charge in [0.1, 0.15) is 17.8 Å². The molecule has 34 heavy (non-hydrogen) atoms. The number of aromatic nitrogens is 3. The van der Waals surface area contributed by atoms with Gasteiger partial charge in [-0.2, -0.15) is 0 Å². The number of aliphatic hydroxyl groups excluding tert-OH is 1. The first-order valence-electron chi connectivity index (χ1n) is 11.3. The third-order valence-electron chi connectivity index (χ3n) is 6.66. The third-order valence-corrected chi connectivity index (χ3v) is 6.66. The summed E-state index contributed by atoms with van der Waals surface area (Å²) in [6.45, 7) is 4.12. The van der Waals surface area contributed by atoms with Crippen LogP contribution in [0.25, 0.3) is 11.3 Å². The molecule has 3 amide bonds. The molecule has 2 aliphatic rings. The molecule has 0 spiro atoms. The van der Waals surface area contributed by atoms with E-state index in [0.29, 0.717) is 17.7 Å². The predicted molar refractivity (Wildman–Crippen MR) is 122 cm³/mol. The molecule has 3 unspecified atom stereocenters. The Balaban J connectivity index is 1.40. The number of piperidine rings is 1. The van der Waals surface area contributed by atoms with Gasteiger partial charge in [-0.25, -0.2) is 4.68 Å². The summed E-state index contributed by atoms with van der Waals surface area (Å²) in [6.07, 6.45) is 1.52. The van der Waals surface area contributed by atoms with Crippen molar-refractivity contribution < 1.29 is 19.5 Å². The molecule has 9 heteroatoms. The minimum absolute atomic E-state index is 0.207. The van der Waals surface area contributed by atoms with E-state index in [4.69, 9.17) is 0 Å². The fraction of sp³-hybridized carbons (Fsp3) is 0.320. The maximum Gasteiger partial charge on any atom is 0.255 e. The highest BCUT2D eigenvalue weighted by Crippen LogP contribution is 2.35. The van der Waals surface area contributed by atoms with E-state index in [0.717, 1.165) is 22.3 Å². The number of rotatable bonds is 5. The Morgan fingerprint density at radius 1 is 1.09 bits per heavy atom. The molecular weight excluding hydrogens is 434 g/mol. The Labute approximate surface area is 196 Å². The average molecular weight is 460 g/mol. The Morgan fingerprint density at radius 2 is 1.82 bits per heavy atom. The smallest absolute Gasteiger partial charge is 0.255 e. The van der Waals surface area contributed by atoms with E-state index >= 15 is 0 Å². The van der Waals surface area contributed by atoms with Crippen molar-refractivity contribution in [3.63, 3.8) is 0 Å². The van der Waals surface area contributed by atoms with Gasteiger partial charge in [0.2, 0.25) is 11.8 Å². The summed E-state index contributed by atoms with van der Waals surface area (Å²) in [5, 5.41) is 21.7. The van der Waals surface area contributed by atoms with Crippen molar-refractivity contribution in [2.75, 3.05) is 0 Å². The molecule has 0 bridgehead atoms. The number of nitrogens with zero attached hydrogens (tertiary/aromatic N) is 4. The minimum atomic E-state index is -0.763. The molecule has 5 rings (SSSR count). The van der Waals surface area contributed by atoms with Gasteiger partial charge in [-0.1, -0.05) is 47.2 Å². The molecule has 9 nitrogen and oxygen atoms in total. The minimum Gasteiger partial charge on any atom is -0.386 e. The first kappa shape index (κ1) is 22.0. The van der Waals surface area contributed by atoms with Gasteiger partial charge in [0.15, 0.2) is 0 Å². The van der Waals surface area contributed by atoms with Crippen LogP contribution in [0.5, 0.6) is 0 Å². The zero-order valence-electron chi connectivity index (χ0n) is 18.9. The number of carbonyl (C=O) groups is 3. The summed E-state index contributed by atoms with van der Waals surface area (Å²) >= 11 is 0. The van der Waals surface area contributed by atoms with Gasteiger partial charge in [0.05, 0.1) is 12.2 Å². The normalized spacial score (nSPS) is 19.7. The van der Waals surface area contributed by atoms with Crippen LogP contribution >= 0.6 is 0 Å². The lowest BCUT2D eigenvalue weighted by Gasteiger charge is -2.29. The van der Waals surface area contributed by atoms with Gasteiger partial charge in [-0.15, -0.1) is 5.10 Å². The molecule has 0 radical (unpaired) electrons. The van der Waals surface area contributed by atoms with Crippen LogP contribution in [-0.2, 0) is 16.1 Å². The van der Waals surface area contributed by atoms with Crippen LogP contribution in [0.4, 0.5) is 0 Å². The third kappa shape index (κ3) is 3.77. The average Bonchev–Trinajstić information content (AvgIpc) is 3.44. The van der Waals surface area contributed by atoms with Crippen LogP contribution in [-0.4, -0.2) is 48.8 Å². The number of hydrogen-bond donors (Lipinski definition) is 2. The van der Waals surface area contributed by atoms with E-state index < -0.39 is 18.1 Å². The van der Waals surface area contributed by atoms with Gasteiger partial charge < -0.3 is 10.0 Å². The monoisotopic (exact) mass is 459 g/mol. The van der Waals surface area contributed by atoms with Crippen molar-refractivity contribution in [3.05, 3.63) is 70.9 Å². The molecule has 174 valence electrons. The number of amides is 3.